The predicted molar refractivity (Wildman–Crippen MR) is 43.4 cm³/mol. The van der Waals surface area contributed by atoms with Gasteiger partial charge in [0, 0.05) is 18.4 Å². The molecule has 58 valence electrons. The molecular weight excluding hydrogens is 124 g/mol. The Balaban J connectivity index is 2.33. The van der Waals surface area contributed by atoms with Crippen LogP contribution in [0.4, 0.5) is 0 Å². The maximum absolute atomic E-state index is 3.35. The van der Waals surface area contributed by atoms with Gasteiger partial charge in [-0.15, -0.1) is 0 Å². The van der Waals surface area contributed by atoms with Gasteiger partial charge in [-0.25, -0.2) is 0 Å². The highest BCUT2D eigenvalue weighted by Gasteiger charge is 2.06. The number of hydrogen-bond donors (Lipinski definition) is 1. The van der Waals surface area contributed by atoms with E-state index in [1.807, 2.05) is 0 Å². The first kappa shape index (κ1) is 7.45. The molecule has 0 unspecified atom stereocenters. The maximum atomic E-state index is 3.35. The van der Waals surface area contributed by atoms with Gasteiger partial charge in [0.15, 0.2) is 0 Å². The molecule has 0 saturated heterocycles. The Morgan fingerprint density at radius 1 is 1.60 bits per heavy atom. The Morgan fingerprint density at radius 3 is 2.90 bits per heavy atom. The molecule has 0 amide bonds. The monoisotopic (exact) mass is 140 g/mol. The molecule has 1 N–H and O–H groups in total. The van der Waals surface area contributed by atoms with Crippen LogP contribution < -0.4 is 5.32 Å². The second-order valence-electron chi connectivity index (χ2n) is 2.64. The van der Waals surface area contributed by atoms with E-state index in [0.717, 1.165) is 13.2 Å². The summed E-state index contributed by atoms with van der Waals surface area (Å²) in [6.45, 7) is 6.50. The molecule has 0 aromatic heterocycles. The lowest BCUT2D eigenvalue weighted by Crippen LogP contribution is -2.20. The minimum atomic E-state index is 1.01. The molecule has 1 aliphatic heterocycles. The van der Waals surface area contributed by atoms with E-state index in [2.05, 4.69) is 30.3 Å². The highest BCUT2D eigenvalue weighted by atomic mass is 15.3. The van der Waals surface area contributed by atoms with E-state index in [0.29, 0.717) is 0 Å². The third-order valence-corrected chi connectivity index (χ3v) is 1.77. The van der Waals surface area contributed by atoms with Crippen molar-refractivity contribution < 1.29 is 0 Å². The summed E-state index contributed by atoms with van der Waals surface area (Å²) >= 11 is 0. The summed E-state index contributed by atoms with van der Waals surface area (Å²) in [5.41, 5.74) is 1.39. The predicted octanol–water partition coefficient (Wildman–Crippen LogP) is 1.51. The first-order chi connectivity index (χ1) is 4.86. The molecule has 10 heavy (non-hydrogen) atoms. The second kappa shape index (κ2) is 3.49. The first-order valence-electron chi connectivity index (χ1n) is 4.05. The summed E-state index contributed by atoms with van der Waals surface area (Å²) in [6.07, 6.45) is 4.65. The molecule has 0 fully saturated rings. The van der Waals surface area contributed by atoms with Gasteiger partial charge in [-0.3, -0.25) is 0 Å². The number of rotatable bonds is 3. The molecule has 0 radical (unpaired) electrons. The van der Waals surface area contributed by atoms with Crippen molar-refractivity contribution in [3.05, 3.63) is 11.9 Å². The molecule has 1 heterocycles. The van der Waals surface area contributed by atoms with Crippen LogP contribution >= 0.6 is 0 Å². The van der Waals surface area contributed by atoms with Crippen LogP contribution in [0.5, 0.6) is 0 Å². The van der Waals surface area contributed by atoms with Crippen molar-refractivity contribution in [3.63, 3.8) is 0 Å². The highest BCUT2D eigenvalue weighted by molar-refractivity contribution is 5.03. The average Bonchev–Trinajstić information content (AvgIpc) is 2.37. The normalized spacial score (nSPS) is 17.0. The van der Waals surface area contributed by atoms with E-state index >= 15 is 0 Å². The van der Waals surface area contributed by atoms with Crippen molar-refractivity contribution in [1.82, 2.24) is 10.2 Å². The van der Waals surface area contributed by atoms with E-state index < -0.39 is 0 Å². The van der Waals surface area contributed by atoms with Crippen molar-refractivity contribution in [2.75, 3.05) is 13.2 Å². The molecule has 1 aliphatic rings. The van der Waals surface area contributed by atoms with E-state index in [-0.39, 0.29) is 0 Å². The van der Waals surface area contributed by atoms with Gasteiger partial charge in [0.2, 0.25) is 0 Å². The zero-order valence-electron chi connectivity index (χ0n) is 6.85. The molecule has 0 saturated carbocycles. The average molecular weight is 140 g/mol. The number of allylic oxidation sites excluding steroid dienone is 1. The lowest BCUT2D eigenvalue weighted by atomic mass is 10.3. The van der Waals surface area contributed by atoms with Crippen LogP contribution in [0.25, 0.3) is 0 Å². The van der Waals surface area contributed by atoms with Crippen molar-refractivity contribution in [2.45, 2.75) is 26.7 Å². The van der Waals surface area contributed by atoms with Crippen LogP contribution in [0, 0.1) is 0 Å². The van der Waals surface area contributed by atoms with Gasteiger partial charge in [0.1, 0.15) is 0 Å². The molecule has 2 nitrogen and oxygen atoms in total. The van der Waals surface area contributed by atoms with Gasteiger partial charge in [-0.2, -0.15) is 0 Å². The van der Waals surface area contributed by atoms with Crippen LogP contribution in [-0.2, 0) is 0 Å². The van der Waals surface area contributed by atoms with Crippen molar-refractivity contribution in [1.29, 1.82) is 0 Å². The van der Waals surface area contributed by atoms with Gasteiger partial charge >= 0.3 is 0 Å². The van der Waals surface area contributed by atoms with Crippen LogP contribution in [0.3, 0.4) is 0 Å². The molecule has 2 heteroatoms. The van der Waals surface area contributed by atoms with E-state index in [1.54, 1.807) is 0 Å². The fourth-order valence-corrected chi connectivity index (χ4v) is 1.14. The van der Waals surface area contributed by atoms with E-state index in [1.165, 1.54) is 18.5 Å². The fourth-order valence-electron chi connectivity index (χ4n) is 1.14. The van der Waals surface area contributed by atoms with E-state index in [4.69, 9.17) is 0 Å². The molecule has 0 aromatic carbocycles. The molecule has 0 atom stereocenters. The largest absolute Gasteiger partial charge is 0.370 e. The molecular formula is C8H16N2. The Morgan fingerprint density at radius 2 is 2.40 bits per heavy atom. The molecule has 0 bridgehead atoms. The summed E-state index contributed by atoms with van der Waals surface area (Å²) in [5.74, 6) is 0. The topological polar surface area (TPSA) is 15.3 Å². The zero-order chi connectivity index (χ0) is 7.40. The summed E-state index contributed by atoms with van der Waals surface area (Å²) in [7, 11) is 0. The lowest BCUT2D eigenvalue weighted by Gasteiger charge is -2.08. The summed E-state index contributed by atoms with van der Waals surface area (Å²) in [5, 5.41) is 3.35. The Kier molecular flexibility index (Phi) is 2.60. The SMILES string of the molecule is CCCC1=CN(CC)CN1. The maximum Gasteiger partial charge on any atom is 0.0869 e. The number of hydrogen-bond acceptors (Lipinski definition) is 2. The van der Waals surface area contributed by atoms with Gasteiger partial charge < -0.3 is 10.2 Å². The van der Waals surface area contributed by atoms with Gasteiger partial charge in [0.25, 0.3) is 0 Å². The Bertz CT molecular complexity index is 129. The van der Waals surface area contributed by atoms with Gasteiger partial charge in [-0.1, -0.05) is 13.3 Å². The minimum absolute atomic E-state index is 1.01. The van der Waals surface area contributed by atoms with Crippen LogP contribution in [0.1, 0.15) is 26.7 Å². The molecule has 0 aromatic rings. The molecule has 0 aliphatic carbocycles. The number of nitrogens with zero attached hydrogens (tertiary/aromatic N) is 1. The highest BCUT2D eigenvalue weighted by Crippen LogP contribution is 2.08. The zero-order valence-corrected chi connectivity index (χ0v) is 6.85. The minimum Gasteiger partial charge on any atom is -0.370 e. The molecule has 1 rings (SSSR count). The number of nitrogens with one attached hydrogen (secondary N) is 1. The third-order valence-electron chi connectivity index (χ3n) is 1.77. The summed E-state index contributed by atoms with van der Waals surface area (Å²) in [6, 6.07) is 0. The van der Waals surface area contributed by atoms with Crippen molar-refractivity contribution in [3.8, 4) is 0 Å². The Hall–Kier alpha value is -0.660. The standard InChI is InChI=1S/C8H16N2/c1-3-5-8-6-10(4-2)7-9-8/h6,9H,3-5,7H2,1-2H3. The summed E-state index contributed by atoms with van der Waals surface area (Å²) < 4.78 is 0. The van der Waals surface area contributed by atoms with Gasteiger partial charge in [0.05, 0.1) is 6.67 Å². The lowest BCUT2D eigenvalue weighted by molar-refractivity contribution is 0.412. The quantitative estimate of drug-likeness (QED) is 0.639. The van der Waals surface area contributed by atoms with Crippen molar-refractivity contribution >= 4 is 0 Å². The second-order valence-corrected chi connectivity index (χ2v) is 2.64. The Labute approximate surface area is 62.9 Å². The van der Waals surface area contributed by atoms with E-state index in [9.17, 15) is 0 Å². The van der Waals surface area contributed by atoms with Gasteiger partial charge in [-0.05, 0) is 13.3 Å². The molecule has 0 spiro atoms. The summed E-state index contributed by atoms with van der Waals surface area (Å²) in [4.78, 5) is 2.28. The first-order valence-corrected chi connectivity index (χ1v) is 4.05. The van der Waals surface area contributed by atoms with Crippen molar-refractivity contribution in [2.24, 2.45) is 0 Å². The fraction of sp³-hybridized carbons (Fsp3) is 0.750. The van der Waals surface area contributed by atoms with Crippen LogP contribution in [-0.4, -0.2) is 18.1 Å². The third kappa shape index (κ3) is 1.66. The smallest absolute Gasteiger partial charge is 0.0869 e. The van der Waals surface area contributed by atoms with Crippen LogP contribution in [0.15, 0.2) is 11.9 Å². The van der Waals surface area contributed by atoms with Crippen LogP contribution in [0.2, 0.25) is 0 Å².